The number of rotatable bonds is 48. The van der Waals surface area contributed by atoms with Gasteiger partial charge in [0.1, 0.15) is 6.10 Å². The van der Waals surface area contributed by atoms with Crippen molar-refractivity contribution in [2.24, 2.45) is 0 Å². The van der Waals surface area contributed by atoms with E-state index in [1.54, 1.807) is 0 Å². The van der Waals surface area contributed by atoms with Crippen molar-refractivity contribution in [3.8, 4) is 0 Å². The molecular weight excluding hydrogens is 727 g/mol. The first-order chi connectivity index (χ1) is 29.1. The fraction of sp³-hybridized carbons (Fsp3) is 0.870. The van der Waals surface area contributed by atoms with Crippen molar-refractivity contribution < 1.29 is 20.1 Å². The van der Waals surface area contributed by atoms with E-state index in [9.17, 15) is 20.1 Å². The van der Waals surface area contributed by atoms with Gasteiger partial charge in [0.2, 0.25) is 5.91 Å². The van der Waals surface area contributed by atoms with Crippen LogP contribution in [-0.4, -0.2) is 46.1 Å². The molecular formula is C54H103NO4. The third-order valence-corrected chi connectivity index (χ3v) is 12.2. The van der Waals surface area contributed by atoms with Crippen molar-refractivity contribution in [1.82, 2.24) is 5.32 Å². The normalized spacial score (nSPS) is 13.6. The largest absolute Gasteiger partial charge is 0.394 e. The maximum absolute atomic E-state index is 12.5. The van der Waals surface area contributed by atoms with Gasteiger partial charge in [-0.25, -0.2) is 0 Å². The second-order valence-corrected chi connectivity index (χ2v) is 18.1. The number of aliphatic hydroxyl groups is 3. The number of allylic oxidation sites excluding steroid dienone is 6. The lowest BCUT2D eigenvalue weighted by Gasteiger charge is -2.26. The van der Waals surface area contributed by atoms with Crippen molar-refractivity contribution in [2.45, 2.75) is 295 Å². The zero-order valence-electron chi connectivity index (χ0n) is 39.6. The number of unbranched alkanes of at least 4 members (excludes halogenated alkanes) is 34. The standard InChI is InChI=1S/C54H103NO4/c1-3-5-7-9-11-13-15-17-19-21-22-23-24-25-26-27-28-29-30-31-32-33-35-37-39-41-43-45-47-49-53(58)55-51(50-56)54(59)52(57)48-46-44-42-40-38-36-34-20-18-16-14-12-10-8-6-4-2/h22-23,25-26,40,42,51-52,54,56-57,59H,3-21,24,27-39,41,43-50H2,1-2H3,(H,55,58)/b23-22-,26-25-,42-40+. The Bertz CT molecular complexity index is 916. The first-order valence-electron chi connectivity index (χ1n) is 26.3. The third-order valence-electron chi connectivity index (χ3n) is 12.2. The molecule has 0 aliphatic rings. The highest BCUT2D eigenvalue weighted by Gasteiger charge is 2.26. The second kappa shape index (κ2) is 49.2. The summed E-state index contributed by atoms with van der Waals surface area (Å²) in [7, 11) is 0. The molecule has 0 fully saturated rings. The highest BCUT2D eigenvalue weighted by Crippen LogP contribution is 2.16. The van der Waals surface area contributed by atoms with E-state index in [1.165, 1.54) is 205 Å². The predicted molar refractivity (Wildman–Crippen MR) is 259 cm³/mol. The van der Waals surface area contributed by atoms with Crippen molar-refractivity contribution >= 4 is 5.91 Å². The molecule has 0 heterocycles. The molecule has 59 heavy (non-hydrogen) atoms. The van der Waals surface area contributed by atoms with Gasteiger partial charge in [0.05, 0.1) is 18.8 Å². The molecule has 1 amide bonds. The maximum atomic E-state index is 12.5. The molecule has 0 saturated heterocycles. The van der Waals surface area contributed by atoms with E-state index in [1.807, 2.05) is 0 Å². The van der Waals surface area contributed by atoms with Crippen LogP contribution in [0.2, 0.25) is 0 Å². The maximum Gasteiger partial charge on any atom is 0.220 e. The van der Waals surface area contributed by atoms with Crippen LogP contribution in [0.15, 0.2) is 36.5 Å². The number of hydrogen-bond acceptors (Lipinski definition) is 4. The topological polar surface area (TPSA) is 89.8 Å². The lowest BCUT2D eigenvalue weighted by molar-refractivity contribution is -0.124. The Hall–Kier alpha value is -1.43. The molecule has 0 saturated carbocycles. The number of nitrogens with one attached hydrogen (secondary N) is 1. The van der Waals surface area contributed by atoms with Crippen LogP contribution < -0.4 is 5.32 Å². The Morgan fingerprint density at radius 1 is 0.424 bits per heavy atom. The highest BCUT2D eigenvalue weighted by atomic mass is 16.3. The molecule has 0 aliphatic carbocycles. The Morgan fingerprint density at radius 3 is 1.08 bits per heavy atom. The molecule has 0 aliphatic heterocycles. The van der Waals surface area contributed by atoms with Crippen molar-refractivity contribution in [3.05, 3.63) is 36.5 Å². The number of carbonyl (C=O) groups is 1. The summed E-state index contributed by atoms with van der Waals surface area (Å²) < 4.78 is 0. The van der Waals surface area contributed by atoms with Gasteiger partial charge in [-0.3, -0.25) is 4.79 Å². The summed E-state index contributed by atoms with van der Waals surface area (Å²) in [5.41, 5.74) is 0. The molecule has 0 radical (unpaired) electrons. The zero-order chi connectivity index (χ0) is 43.0. The molecule has 5 heteroatoms. The fourth-order valence-corrected chi connectivity index (χ4v) is 8.14. The van der Waals surface area contributed by atoms with Crippen LogP contribution in [-0.2, 0) is 4.79 Å². The summed E-state index contributed by atoms with van der Waals surface area (Å²) in [4.78, 5) is 12.5. The summed E-state index contributed by atoms with van der Waals surface area (Å²) in [6.07, 6.45) is 62.9. The van der Waals surface area contributed by atoms with Gasteiger partial charge in [0.25, 0.3) is 0 Å². The smallest absolute Gasteiger partial charge is 0.220 e. The van der Waals surface area contributed by atoms with E-state index in [2.05, 4.69) is 55.6 Å². The van der Waals surface area contributed by atoms with Gasteiger partial charge in [-0.2, -0.15) is 0 Å². The van der Waals surface area contributed by atoms with Crippen molar-refractivity contribution in [2.75, 3.05) is 6.61 Å². The first kappa shape index (κ1) is 57.6. The van der Waals surface area contributed by atoms with Crippen LogP contribution in [0.25, 0.3) is 0 Å². The summed E-state index contributed by atoms with van der Waals surface area (Å²) >= 11 is 0. The highest BCUT2D eigenvalue weighted by molar-refractivity contribution is 5.76. The molecule has 0 aromatic carbocycles. The summed E-state index contributed by atoms with van der Waals surface area (Å²) in [5.74, 6) is -0.153. The Kier molecular flexibility index (Phi) is 48.0. The van der Waals surface area contributed by atoms with Gasteiger partial charge in [-0.05, 0) is 70.6 Å². The van der Waals surface area contributed by atoms with Gasteiger partial charge in [0, 0.05) is 6.42 Å². The van der Waals surface area contributed by atoms with E-state index in [0.29, 0.717) is 12.8 Å². The average Bonchev–Trinajstić information content (AvgIpc) is 3.24. The number of amides is 1. The zero-order valence-corrected chi connectivity index (χ0v) is 39.6. The van der Waals surface area contributed by atoms with Crippen molar-refractivity contribution in [3.63, 3.8) is 0 Å². The molecule has 3 unspecified atom stereocenters. The van der Waals surface area contributed by atoms with E-state index in [0.717, 1.165) is 44.9 Å². The van der Waals surface area contributed by atoms with Crippen LogP contribution in [0.3, 0.4) is 0 Å². The van der Waals surface area contributed by atoms with E-state index >= 15 is 0 Å². The Balaban J connectivity index is 3.57. The molecule has 0 aromatic rings. The molecule has 0 rings (SSSR count). The van der Waals surface area contributed by atoms with Gasteiger partial charge < -0.3 is 20.6 Å². The summed E-state index contributed by atoms with van der Waals surface area (Å²) in [6, 6.07) is -0.826. The minimum Gasteiger partial charge on any atom is -0.394 e. The second-order valence-electron chi connectivity index (χ2n) is 18.1. The van der Waals surface area contributed by atoms with Gasteiger partial charge in [-0.15, -0.1) is 0 Å². The van der Waals surface area contributed by atoms with Crippen LogP contribution in [0.4, 0.5) is 0 Å². The summed E-state index contributed by atoms with van der Waals surface area (Å²) in [5, 5.41) is 33.6. The number of aliphatic hydroxyl groups excluding tert-OH is 3. The molecule has 348 valence electrons. The fourth-order valence-electron chi connectivity index (χ4n) is 8.14. The quantitative estimate of drug-likeness (QED) is 0.0363. The predicted octanol–water partition coefficient (Wildman–Crippen LogP) is 15.9. The Morgan fingerprint density at radius 2 is 0.729 bits per heavy atom. The van der Waals surface area contributed by atoms with E-state index < -0.39 is 18.2 Å². The van der Waals surface area contributed by atoms with Crippen molar-refractivity contribution in [1.29, 1.82) is 0 Å². The lowest BCUT2D eigenvalue weighted by Crippen LogP contribution is -2.50. The molecule has 5 nitrogen and oxygen atoms in total. The molecule has 0 aromatic heterocycles. The first-order valence-corrected chi connectivity index (χ1v) is 26.3. The van der Waals surface area contributed by atoms with Gasteiger partial charge >= 0.3 is 0 Å². The molecule has 0 spiro atoms. The minimum absolute atomic E-state index is 0.153. The SMILES string of the molecule is CCCCCCCCCCC/C=C\C/C=C\CCCCCCCCCCCCCCCC(=O)NC(CO)C(O)C(O)CCC/C=C/CCCCCCCCCCCCC. The minimum atomic E-state index is -1.16. The number of carbonyl (C=O) groups excluding carboxylic acids is 1. The average molecular weight is 830 g/mol. The van der Waals surface area contributed by atoms with E-state index in [4.69, 9.17) is 0 Å². The lowest BCUT2D eigenvalue weighted by atomic mass is 10.0. The molecule has 0 bridgehead atoms. The van der Waals surface area contributed by atoms with Gasteiger partial charge in [-0.1, -0.05) is 237 Å². The Labute approximate surface area is 368 Å². The third kappa shape index (κ3) is 44.4. The number of hydrogen-bond donors (Lipinski definition) is 4. The van der Waals surface area contributed by atoms with Gasteiger partial charge in [0.15, 0.2) is 0 Å². The van der Waals surface area contributed by atoms with Crippen LogP contribution in [0, 0.1) is 0 Å². The van der Waals surface area contributed by atoms with Crippen LogP contribution in [0.1, 0.15) is 277 Å². The van der Waals surface area contributed by atoms with Crippen LogP contribution >= 0.6 is 0 Å². The molecule has 3 atom stereocenters. The van der Waals surface area contributed by atoms with E-state index in [-0.39, 0.29) is 12.5 Å². The molecule has 4 N–H and O–H groups in total. The monoisotopic (exact) mass is 830 g/mol. The van der Waals surface area contributed by atoms with Crippen LogP contribution in [0.5, 0.6) is 0 Å². The summed E-state index contributed by atoms with van der Waals surface area (Å²) in [6.45, 7) is 4.18.